The summed E-state index contributed by atoms with van der Waals surface area (Å²) < 4.78 is 4.13. The zero-order valence-electron chi connectivity index (χ0n) is 13.5. The molecule has 0 bridgehead atoms. The van der Waals surface area contributed by atoms with Gasteiger partial charge in [-0.25, -0.2) is 9.67 Å². The van der Waals surface area contributed by atoms with E-state index in [-0.39, 0.29) is 5.56 Å². The van der Waals surface area contributed by atoms with E-state index in [2.05, 4.69) is 32.1 Å². The van der Waals surface area contributed by atoms with E-state index in [1.54, 1.807) is 22.9 Å². The second-order valence-electron chi connectivity index (χ2n) is 5.76. The Hall–Kier alpha value is -3.24. The second kappa shape index (κ2) is 6.58. The number of nitriles is 1. The molecule has 0 unspecified atom stereocenters. The van der Waals surface area contributed by atoms with Gasteiger partial charge in [0.05, 0.1) is 30.1 Å². The highest BCUT2D eigenvalue weighted by molar-refractivity contribution is 9.10. The summed E-state index contributed by atoms with van der Waals surface area (Å²) in [5.41, 5.74) is 2.61. The fourth-order valence-corrected chi connectivity index (χ4v) is 3.03. The highest BCUT2D eigenvalue weighted by Gasteiger charge is 2.11. The zero-order valence-corrected chi connectivity index (χ0v) is 15.1. The van der Waals surface area contributed by atoms with E-state index in [4.69, 9.17) is 5.26 Å². The normalized spacial score (nSPS) is 10.8. The molecule has 0 N–H and O–H groups in total. The van der Waals surface area contributed by atoms with Crippen LogP contribution in [-0.2, 0) is 6.54 Å². The molecule has 0 fully saturated rings. The van der Waals surface area contributed by atoms with Gasteiger partial charge in [-0.15, -0.1) is 0 Å². The number of benzene rings is 2. The second-order valence-corrected chi connectivity index (χ2v) is 6.68. The molecule has 7 heteroatoms. The van der Waals surface area contributed by atoms with Crippen LogP contribution in [0, 0.1) is 11.3 Å². The smallest absolute Gasteiger partial charge is 0.264 e. The third kappa shape index (κ3) is 2.91. The third-order valence-corrected chi connectivity index (χ3v) is 4.56. The van der Waals surface area contributed by atoms with Crippen molar-refractivity contribution < 1.29 is 0 Å². The summed E-state index contributed by atoms with van der Waals surface area (Å²) in [6.45, 7) is 0.348. The largest absolute Gasteiger partial charge is 0.294 e. The average Bonchev–Trinajstić information content (AvgIpc) is 3.10. The van der Waals surface area contributed by atoms with Crippen LogP contribution in [-0.4, -0.2) is 19.3 Å². The Morgan fingerprint density at radius 1 is 1.15 bits per heavy atom. The van der Waals surface area contributed by atoms with E-state index >= 15 is 0 Å². The highest BCUT2D eigenvalue weighted by Crippen LogP contribution is 2.17. The Bertz CT molecular complexity index is 1200. The van der Waals surface area contributed by atoms with E-state index in [0.717, 1.165) is 15.7 Å². The van der Waals surface area contributed by atoms with Crippen molar-refractivity contribution in [2.24, 2.45) is 0 Å². The number of fused-ring (bicyclic) bond motifs is 1. The summed E-state index contributed by atoms with van der Waals surface area (Å²) in [5.74, 6) is 0. The van der Waals surface area contributed by atoms with Gasteiger partial charge in [0.15, 0.2) is 5.65 Å². The molecule has 0 saturated carbocycles. The van der Waals surface area contributed by atoms with Crippen molar-refractivity contribution in [3.05, 3.63) is 87.0 Å². The lowest BCUT2D eigenvalue weighted by molar-refractivity contribution is 0.745. The molecule has 4 aromatic rings. The summed E-state index contributed by atoms with van der Waals surface area (Å²) in [4.78, 5) is 17.2. The lowest BCUT2D eigenvalue weighted by Crippen LogP contribution is -2.21. The predicted molar refractivity (Wildman–Crippen MR) is 101 cm³/mol. The van der Waals surface area contributed by atoms with Crippen LogP contribution >= 0.6 is 15.9 Å². The molecule has 26 heavy (non-hydrogen) atoms. The molecule has 0 aliphatic rings. The van der Waals surface area contributed by atoms with Gasteiger partial charge in [0.2, 0.25) is 0 Å². The fraction of sp³-hybridized carbons (Fsp3) is 0.0526. The predicted octanol–water partition coefficient (Wildman–Crippen LogP) is 3.26. The monoisotopic (exact) mass is 405 g/mol. The number of halogens is 1. The van der Waals surface area contributed by atoms with Gasteiger partial charge in [-0.05, 0) is 42.0 Å². The Morgan fingerprint density at radius 2 is 1.96 bits per heavy atom. The molecule has 0 spiro atoms. The number of aromatic nitrogens is 4. The van der Waals surface area contributed by atoms with Crippen molar-refractivity contribution in [1.29, 1.82) is 5.26 Å². The molecule has 0 atom stereocenters. The van der Waals surface area contributed by atoms with Crippen LogP contribution < -0.4 is 5.56 Å². The van der Waals surface area contributed by atoms with Gasteiger partial charge in [0, 0.05) is 4.47 Å². The summed E-state index contributed by atoms with van der Waals surface area (Å²) in [5, 5.41) is 13.8. The lowest BCUT2D eigenvalue weighted by Gasteiger charge is -2.07. The lowest BCUT2D eigenvalue weighted by atomic mass is 10.1. The van der Waals surface area contributed by atoms with E-state index in [1.807, 2.05) is 30.3 Å². The van der Waals surface area contributed by atoms with Crippen LogP contribution in [0.1, 0.15) is 11.1 Å². The van der Waals surface area contributed by atoms with Crippen LogP contribution in [0.5, 0.6) is 0 Å². The Morgan fingerprint density at radius 3 is 2.73 bits per heavy atom. The molecule has 0 aliphatic heterocycles. The molecule has 0 amide bonds. The van der Waals surface area contributed by atoms with Crippen molar-refractivity contribution in [2.45, 2.75) is 6.54 Å². The van der Waals surface area contributed by atoms with Gasteiger partial charge in [-0.1, -0.05) is 28.1 Å². The van der Waals surface area contributed by atoms with E-state index in [9.17, 15) is 4.79 Å². The van der Waals surface area contributed by atoms with Gasteiger partial charge in [-0.3, -0.25) is 9.36 Å². The van der Waals surface area contributed by atoms with Crippen molar-refractivity contribution in [1.82, 2.24) is 19.3 Å². The molecule has 2 aromatic heterocycles. The maximum Gasteiger partial charge on any atom is 0.264 e. The molecule has 126 valence electrons. The summed E-state index contributed by atoms with van der Waals surface area (Å²) in [6.07, 6.45) is 3.05. The van der Waals surface area contributed by atoms with Gasteiger partial charge in [-0.2, -0.15) is 10.4 Å². The van der Waals surface area contributed by atoms with Gasteiger partial charge in [0.1, 0.15) is 11.7 Å². The first-order valence-electron chi connectivity index (χ1n) is 7.84. The van der Waals surface area contributed by atoms with Crippen LogP contribution in [0.3, 0.4) is 0 Å². The molecule has 2 aromatic carbocycles. The number of hydrogen-bond acceptors (Lipinski definition) is 4. The summed E-state index contributed by atoms with van der Waals surface area (Å²) >= 11 is 3.40. The minimum absolute atomic E-state index is 0.166. The number of nitrogens with zero attached hydrogens (tertiary/aromatic N) is 5. The van der Waals surface area contributed by atoms with Crippen molar-refractivity contribution in [3.8, 4) is 11.8 Å². The molecular formula is C19H12BrN5O. The first-order chi connectivity index (χ1) is 12.7. The van der Waals surface area contributed by atoms with Crippen LogP contribution in [0.4, 0.5) is 0 Å². The van der Waals surface area contributed by atoms with Gasteiger partial charge >= 0.3 is 0 Å². The molecule has 2 heterocycles. The SMILES string of the molecule is N#Cc1cccc(Cn2cnc3c(cnn3-c3ccc(Br)cc3)c2=O)c1. The van der Waals surface area contributed by atoms with Crippen LogP contribution in [0.25, 0.3) is 16.7 Å². The Kier molecular flexibility index (Phi) is 4.11. The van der Waals surface area contributed by atoms with E-state index in [0.29, 0.717) is 23.1 Å². The van der Waals surface area contributed by atoms with Gasteiger partial charge < -0.3 is 0 Å². The van der Waals surface area contributed by atoms with Crippen LogP contribution in [0.15, 0.2) is 70.3 Å². The Labute approximate surface area is 157 Å². The van der Waals surface area contributed by atoms with Crippen molar-refractivity contribution >= 4 is 27.0 Å². The van der Waals surface area contributed by atoms with Crippen molar-refractivity contribution in [2.75, 3.05) is 0 Å². The quantitative estimate of drug-likeness (QED) is 0.523. The Balaban J connectivity index is 1.75. The standard InChI is InChI=1S/C19H12BrN5O/c20-15-4-6-16(7-5-15)25-18-17(10-23-25)19(26)24(12-22-18)11-14-3-1-2-13(8-14)9-21/h1-8,10,12H,11H2. The first kappa shape index (κ1) is 16.2. The van der Waals surface area contributed by atoms with E-state index < -0.39 is 0 Å². The maximum absolute atomic E-state index is 12.8. The summed E-state index contributed by atoms with van der Waals surface area (Å²) in [6, 6.07) is 16.9. The molecule has 0 saturated heterocycles. The maximum atomic E-state index is 12.8. The van der Waals surface area contributed by atoms with Crippen LogP contribution in [0.2, 0.25) is 0 Å². The number of hydrogen-bond donors (Lipinski definition) is 0. The topological polar surface area (TPSA) is 76.5 Å². The molecule has 6 nitrogen and oxygen atoms in total. The molecular weight excluding hydrogens is 394 g/mol. The minimum atomic E-state index is -0.166. The van der Waals surface area contributed by atoms with Gasteiger partial charge in [0.25, 0.3) is 5.56 Å². The fourth-order valence-electron chi connectivity index (χ4n) is 2.77. The molecule has 0 aliphatic carbocycles. The summed E-state index contributed by atoms with van der Waals surface area (Å²) in [7, 11) is 0. The molecule has 4 rings (SSSR count). The number of rotatable bonds is 3. The average molecular weight is 406 g/mol. The third-order valence-electron chi connectivity index (χ3n) is 4.03. The first-order valence-corrected chi connectivity index (χ1v) is 8.63. The highest BCUT2D eigenvalue weighted by atomic mass is 79.9. The zero-order chi connectivity index (χ0) is 18.1. The van der Waals surface area contributed by atoms with E-state index in [1.165, 1.54) is 17.1 Å². The van der Waals surface area contributed by atoms with Crippen molar-refractivity contribution in [3.63, 3.8) is 0 Å². The molecule has 0 radical (unpaired) electrons. The minimum Gasteiger partial charge on any atom is -0.294 e.